The van der Waals surface area contributed by atoms with Crippen LogP contribution < -0.4 is 5.56 Å². The van der Waals surface area contributed by atoms with Gasteiger partial charge in [0, 0.05) is 42.5 Å². The summed E-state index contributed by atoms with van der Waals surface area (Å²) in [6, 6.07) is 11.3. The van der Waals surface area contributed by atoms with Gasteiger partial charge in [-0.2, -0.15) is 5.10 Å². The maximum Gasteiger partial charge on any atom is 0.261 e. The average Bonchev–Trinajstić information content (AvgIpc) is 3.01. The highest BCUT2D eigenvalue weighted by atomic mass is 16.2. The average molecular weight is 433 g/mol. The standard InChI is InChI=1S/C25H28N4O3/c1-15-20(16(2)29(27-15)17-9-7-6-8-10-17)14-28(5)24(32)19-11-18-21(26-23(19)31)12-25(3,4)13-22(18)30/h6-11H,12-14H2,1-5H3,(H,26,31). The third-order valence-electron chi connectivity index (χ3n) is 6.13. The van der Waals surface area contributed by atoms with Crippen molar-refractivity contribution >= 4 is 11.7 Å². The second-order valence-electron chi connectivity index (χ2n) is 9.40. The van der Waals surface area contributed by atoms with Crippen molar-refractivity contribution in [2.45, 2.75) is 47.1 Å². The lowest BCUT2D eigenvalue weighted by Gasteiger charge is -2.30. The summed E-state index contributed by atoms with van der Waals surface area (Å²) in [5.41, 5.74) is 4.02. The van der Waals surface area contributed by atoms with Gasteiger partial charge in [-0.1, -0.05) is 32.0 Å². The molecule has 0 radical (unpaired) electrons. The molecule has 1 amide bonds. The van der Waals surface area contributed by atoms with Gasteiger partial charge in [0.25, 0.3) is 11.5 Å². The number of hydrogen-bond donors (Lipinski definition) is 1. The third-order valence-corrected chi connectivity index (χ3v) is 6.13. The zero-order valence-corrected chi connectivity index (χ0v) is 19.2. The monoisotopic (exact) mass is 432 g/mol. The topological polar surface area (TPSA) is 88.1 Å². The minimum atomic E-state index is -0.459. The molecule has 0 aliphatic heterocycles. The van der Waals surface area contributed by atoms with Crippen LogP contribution >= 0.6 is 0 Å². The minimum Gasteiger partial charge on any atom is -0.337 e. The van der Waals surface area contributed by atoms with E-state index in [1.165, 1.54) is 11.0 Å². The molecule has 0 bridgehead atoms. The number of benzene rings is 1. The fourth-order valence-corrected chi connectivity index (χ4v) is 4.43. The van der Waals surface area contributed by atoms with Gasteiger partial charge >= 0.3 is 0 Å². The maximum absolute atomic E-state index is 13.2. The zero-order valence-electron chi connectivity index (χ0n) is 19.2. The first-order valence-electron chi connectivity index (χ1n) is 10.7. The molecule has 1 aliphatic rings. The molecule has 0 saturated carbocycles. The molecule has 166 valence electrons. The number of fused-ring (bicyclic) bond motifs is 1. The lowest BCUT2D eigenvalue weighted by atomic mass is 9.75. The molecule has 1 N–H and O–H groups in total. The summed E-state index contributed by atoms with van der Waals surface area (Å²) < 4.78 is 1.86. The number of ketones is 1. The molecule has 7 heteroatoms. The Kier molecular flexibility index (Phi) is 5.36. The van der Waals surface area contributed by atoms with Crippen LogP contribution in [-0.4, -0.2) is 38.4 Å². The van der Waals surface area contributed by atoms with Crippen LogP contribution in [0.25, 0.3) is 5.69 Å². The Labute approximate surface area is 187 Å². The summed E-state index contributed by atoms with van der Waals surface area (Å²) in [6.07, 6.45) is 0.997. The van der Waals surface area contributed by atoms with Crippen molar-refractivity contribution in [3.8, 4) is 5.69 Å². The quantitative estimate of drug-likeness (QED) is 0.682. The number of Topliss-reactive ketones (excluding diaryl/α,β-unsaturated/α-hetero) is 1. The highest BCUT2D eigenvalue weighted by Crippen LogP contribution is 2.33. The van der Waals surface area contributed by atoms with Gasteiger partial charge in [-0.25, -0.2) is 4.68 Å². The molecule has 0 spiro atoms. The number of H-pyrrole nitrogens is 1. The highest BCUT2D eigenvalue weighted by molar-refractivity contribution is 6.02. The Balaban J connectivity index is 1.62. The third kappa shape index (κ3) is 3.90. The predicted octanol–water partition coefficient (Wildman–Crippen LogP) is 3.60. The van der Waals surface area contributed by atoms with Crippen LogP contribution in [0.2, 0.25) is 0 Å². The number of carbonyl (C=O) groups excluding carboxylic acids is 2. The number of aromatic amines is 1. The van der Waals surface area contributed by atoms with E-state index in [4.69, 9.17) is 0 Å². The smallest absolute Gasteiger partial charge is 0.261 e. The van der Waals surface area contributed by atoms with E-state index in [-0.39, 0.29) is 16.8 Å². The number of hydrogen-bond acceptors (Lipinski definition) is 4. The minimum absolute atomic E-state index is 0.00920. The van der Waals surface area contributed by atoms with Gasteiger partial charge in [0.1, 0.15) is 5.56 Å². The summed E-state index contributed by atoms with van der Waals surface area (Å²) in [4.78, 5) is 42.8. The van der Waals surface area contributed by atoms with Crippen LogP contribution in [0.4, 0.5) is 0 Å². The fraction of sp³-hybridized carbons (Fsp3) is 0.360. The van der Waals surface area contributed by atoms with Crippen LogP contribution in [0.1, 0.15) is 63.6 Å². The van der Waals surface area contributed by atoms with E-state index in [2.05, 4.69) is 10.1 Å². The lowest BCUT2D eigenvalue weighted by Crippen LogP contribution is -2.35. The maximum atomic E-state index is 13.2. The lowest BCUT2D eigenvalue weighted by molar-refractivity contribution is 0.0783. The second-order valence-corrected chi connectivity index (χ2v) is 9.40. The Morgan fingerprint density at radius 1 is 1.16 bits per heavy atom. The van der Waals surface area contributed by atoms with Crippen molar-refractivity contribution in [2.75, 3.05) is 7.05 Å². The van der Waals surface area contributed by atoms with Gasteiger partial charge in [-0.15, -0.1) is 0 Å². The summed E-state index contributed by atoms with van der Waals surface area (Å²) in [5.74, 6) is -0.460. The van der Waals surface area contributed by atoms with E-state index in [1.807, 2.05) is 62.7 Å². The summed E-state index contributed by atoms with van der Waals surface area (Å²) >= 11 is 0. The fourth-order valence-electron chi connectivity index (χ4n) is 4.43. The molecule has 0 atom stereocenters. The van der Waals surface area contributed by atoms with Crippen LogP contribution in [0, 0.1) is 19.3 Å². The predicted molar refractivity (Wildman–Crippen MR) is 122 cm³/mol. The van der Waals surface area contributed by atoms with Gasteiger partial charge < -0.3 is 9.88 Å². The normalized spacial score (nSPS) is 14.8. The van der Waals surface area contributed by atoms with Crippen molar-refractivity contribution in [2.24, 2.45) is 5.41 Å². The first kappa shape index (κ1) is 21.7. The van der Waals surface area contributed by atoms with Gasteiger partial charge in [-0.05, 0) is 43.9 Å². The first-order chi connectivity index (χ1) is 15.1. The highest BCUT2D eigenvalue weighted by Gasteiger charge is 2.33. The van der Waals surface area contributed by atoms with Crippen molar-refractivity contribution in [3.05, 3.63) is 80.5 Å². The second kappa shape index (κ2) is 7.89. The summed E-state index contributed by atoms with van der Waals surface area (Å²) in [6.45, 7) is 8.18. The van der Waals surface area contributed by atoms with E-state index in [1.54, 1.807) is 7.05 Å². The molecule has 0 unspecified atom stereocenters. The molecule has 4 rings (SSSR count). The number of carbonyl (C=O) groups is 2. The molecule has 0 fully saturated rings. The van der Waals surface area contributed by atoms with Gasteiger partial charge in [-0.3, -0.25) is 14.4 Å². The molecular formula is C25H28N4O3. The Hall–Kier alpha value is -3.48. The van der Waals surface area contributed by atoms with Crippen LogP contribution in [0.5, 0.6) is 0 Å². The number of nitrogens with one attached hydrogen (secondary N) is 1. The molecule has 7 nitrogen and oxygen atoms in total. The van der Waals surface area contributed by atoms with Gasteiger partial charge in [0.15, 0.2) is 5.78 Å². The Bertz CT molecular complexity index is 1270. The molecule has 2 aromatic heterocycles. The SMILES string of the molecule is Cc1nn(-c2ccccc2)c(C)c1CN(C)C(=O)c1cc2c([nH]c1=O)CC(C)(C)CC2=O. The van der Waals surface area contributed by atoms with E-state index in [0.717, 1.165) is 22.6 Å². The summed E-state index contributed by atoms with van der Waals surface area (Å²) in [5, 5.41) is 4.63. The van der Waals surface area contributed by atoms with Crippen molar-refractivity contribution < 1.29 is 9.59 Å². The first-order valence-corrected chi connectivity index (χ1v) is 10.7. The van der Waals surface area contributed by atoms with E-state index in [9.17, 15) is 14.4 Å². The van der Waals surface area contributed by atoms with Gasteiger partial charge in [0.05, 0.1) is 11.4 Å². The number of aromatic nitrogens is 3. The van der Waals surface area contributed by atoms with E-state index >= 15 is 0 Å². The Morgan fingerprint density at radius 3 is 2.53 bits per heavy atom. The number of rotatable bonds is 4. The van der Waals surface area contributed by atoms with E-state index in [0.29, 0.717) is 30.6 Å². The summed E-state index contributed by atoms with van der Waals surface area (Å²) in [7, 11) is 1.66. The van der Waals surface area contributed by atoms with Gasteiger partial charge in [0.2, 0.25) is 0 Å². The van der Waals surface area contributed by atoms with Crippen molar-refractivity contribution in [1.82, 2.24) is 19.7 Å². The largest absolute Gasteiger partial charge is 0.337 e. The number of aryl methyl sites for hydroxylation is 1. The van der Waals surface area contributed by atoms with E-state index < -0.39 is 11.5 Å². The molecule has 1 aliphatic carbocycles. The number of para-hydroxylation sites is 1. The molecule has 0 saturated heterocycles. The molecular weight excluding hydrogens is 404 g/mol. The molecule has 32 heavy (non-hydrogen) atoms. The zero-order chi connectivity index (χ0) is 23.2. The Morgan fingerprint density at radius 2 is 1.84 bits per heavy atom. The molecule has 2 heterocycles. The molecule has 1 aromatic carbocycles. The van der Waals surface area contributed by atoms with Crippen molar-refractivity contribution in [3.63, 3.8) is 0 Å². The van der Waals surface area contributed by atoms with Crippen LogP contribution in [0.3, 0.4) is 0 Å². The number of amides is 1. The van der Waals surface area contributed by atoms with Crippen LogP contribution in [-0.2, 0) is 13.0 Å². The number of pyridine rings is 1. The van der Waals surface area contributed by atoms with Crippen LogP contribution in [0.15, 0.2) is 41.2 Å². The number of nitrogens with zero attached hydrogens (tertiary/aromatic N) is 3. The molecule has 3 aromatic rings. The van der Waals surface area contributed by atoms with Crippen molar-refractivity contribution in [1.29, 1.82) is 0 Å².